The van der Waals surface area contributed by atoms with E-state index in [0.717, 1.165) is 30.5 Å². The monoisotopic (exact) mass is 448 g/mol. The van der Waals surface area contributed by atoms with Crippen LogP contribution in [0, 0.1) is 0 Å². The van der Waals surface area contributed by atoms with Crippen molar-refractivity contribution in [2.24, 2.45) is 0 Å². The molecule has 2 aliphatic rings. The zero-order valence-electron chi connectivity index (χ0n) is 18.6. The molecule has 0 saturated carbocycles. The molecule has 0 aliphatic carbocycles. The van der Waals surface area contributed by atoms with Gasteiger partial charge in [-0.15, -0.1) is 10.2 Å². The number of methoxy groups -OCH3 is 2. The van der Waals surface area contributed by atoms with Gasteiger partial charge in [-0.05, 0) is 44.1 Å². The molecule has 0 spiro atoms. The Labute approximate surface area is 189 Å². The molecule has 2 aliphatic heterocycles. The van der Waals surface area contributed by atoms with Gasteiger partial charge in [-0.3, -0.25) is 4.79 Å². The van der Waals surface area contributed by atoms with Crippen molar-refractivity contribution in [2.45, 2.75) is 19.4 Å². The zero-order chi connectivity index (χ0) is 22.5. The van der Waals surface area contributed by atoms with Crippen molar-refractivity contribution >= 4 is 32.7 Å². The van der Waals surface area contributed by atoms with Gasteiger partial charge in [-0.1, -0.05) is 0 Å². The third-order valence-electron chi connectivity index (χ3n) is 6.59. The average molecular weight is 448 g/mol. The molecule has 33 heavy (non-hydrogen) atoms. The highest BCUT2D eigenvalue weighted by atomic mass is 16.7. The van der Waals surface area contributed by atoms with Crippen molar-refractivity contribution in [3.63, 3.8) is 0 Å². The Morgan fingerprint density at radius 3 is 2.30 bits per heavy atom. The van der Waals surface area contributed by atoms with E-state index in [1.807, 2.05) is 16.7 Å². The summed E-state index contributed by atoms with van der Waals surface area (Å²) in [5.74, 6) is 2.31. The summed E-state index contributed by atoms with van der Waals surface area (Å²) in [4.78, 5) is 16.2. The fraction of sp³-hybridized carbons (Fsp3) is 0.375. The SMILES string of the molecule is COc1cc2c(=O)n(CCN3CCCC3)c3c4cc5c(cc4nnc3c2cc1OC)OCO5. The Morgan fingerprint density at radius 2 is 1.58 bits per heavy atom. The van der Waals surface area contributed by atoms with E-state index >= 15 is 0 Å². The zero-order valence-corrected chi connectivity index (χ0v) is 18.6. The first kappa shape index (κ1) is 20.0. The highest BCUT2D eigenvalue weighted by Gasteiger charge is 2.22. The van der Waals surface area contributed by atoms with Gasteiger partial charge in [0, 0.05) is 29.9 Å². The van der Waals surface area contributed by atoms with Gasteiger partial charge in [-0.2, -0.15) is 0 Å². The maximum absolute atomic E-state index is 13.8. The predicted molar refractivity (Wildman–Crippen MR) is 124 cm³/mol. The van der Waals surface area contributed by atoms with Crippen LogP contribution < -0.4 is 24.5 Å². The Hall–Kier alpha value is -3.59. The van der Waals surface area contributed by atoms with E-state index in [4.69, 9.17) is 18.9 Å². The van der Waals surface area contributed by atoms with Crippen molar-refractivity contribution in [2.75, 3.05) is 40.6 Å². The van der Waals surface area contributed by atoms with Crippen LogP contribution in [0.4, 0.5) is 0 Å². The number of hydrogen-bond donors (Lipinski definition) is 0. The first-order valence-electron chi connectivity index (χ1n) is 11.1. The topological polar surface area (TPSA) is 87.9 Å². The van der Waals surface area contributed by atoms with Crippen molar-refractivity contribution in [1.29, 1.82) is 0 Å². The molecule has 6 rings (SSSR count). The predicted octanol–water partition coefficient (Wildman–Crippen LogP) is 2.94. The number of benzene rings is 2. The third-order valence-corrected chi connectivity index (χ3v) is 6.59. The van der Waals surface area contributed by atoms with Gasteiger partial charge < -0.3 is 28.4 Å². The summed E-state index contributed by atoms with van der Waals surface area (Å²) in [5.41, 5.74) is 1.94. The molecule has 1 fully saturated rings. The molecule has 0 unspecified atom stereocenters. The largest absolute Gasteiger partial charge is 0.493 e. The molecule has 170 valence electrons. The molecule has 9 nitrogen and oxygen atoms in total. The second-order valence-electron chi connectivity index (χ2n) is 8.38. The van der Waals surface area contributed by atoms with Gasteiger partial charge in [0.2, 0.25) is 6.79 Å². The van der Waals surface area contributed by atoms with Crippen LogP contribution in [0.1, 0.15) is 12.8 Å². The van der Waals surface area contributed by atoms with Crippen LogP contribution in [-0.4, -0.2) is 60.3 Å². The summed E-state index contributed by atoms with van der Waals surface area (Å²) in [7, 11) is 3.14. The maximum atomic E-state index is 13.8. The summed E-state index contributed by atoms with van der Waals surface area (Å²) >= 11 is 0. The number of rotatable bonds is 5. The minimum Gasteiger partial charge on any atom is -0.493 e. The Balaban J connectivity index is 1.68. The number of nitrogens with zero attached hydrogens (tertiary/aromatic N) is 4. The number of likely N-dealkylation sites (tertiary alicyclic amines) is 1. The minimum absolute atomic E-state index is 0.0929. The first-order valence-corrected chi connectivity index (χ1v) is 11.1. The summed E-state index contributed by atoms with van der Waals surface area (Å²) < 4.78 is 23.9. The lowest BCUT2D eigenvalue weighted by Crippen LogP contribution is -2.30. The Kier molecular flexibility index (Phi) is 4.72. The quantitative estimate of drug-likeness (QED) is 0.431. The molecular formula is C24H24N4O5. The van der Waals surface area contributed by atoms with Crippen molar-refractivity contribution in [1.82, 2.24) is 19.7 Å². The van der Waals surface area contributed by atoms with E-state index in [-0.39, 0.29) is 12.4 Å². The second kappa shape index (κ2) is 7.77. The van der Waals surface area contributed by atoms with Crippen molar-refractivity contribution in [3.8, 4) is 23.0 Å². The standard InChI is InChI=1S/C24H24N4O5/c1-30-18-9-14-15(10-19(18)31-2)24(29)28(8-7-27-5-3-4-6-27)23-16-11-20-21(33-13-32-20)12-17(16)25-26-22(14)23/h9-12H,3-8,13H2,1-2H3. The smallest absolute Gasteiger partial charge is 0.259 e. The highest BCUT2D eigenvalue weighted by Crippen LogP contribution is 2.39. The lowest BCUT2D eigenvalue weighted by atomic mass is 10.1. The summed E-state index contributed by atoms with van der Waals surface area (Å²) in [6, 6.07) is 7.25. The van der Waals surface area contributed by atoms with Crippen LogP contribution in [-0.2, 0) is 6.54 Å². The van der Waals surface area contributed by atoms with E-state index < -0.39 is 0 Å². The lowest BCUT2D eigenvalue weighted by Gasteiger charge is -2.19. The highest BCUT2D eigenvalue weighted by molar-refractivity contribution is 6.13. The molecule has 4 heterocycles. The molecule has 0 amide bonds. The molecule has 4 aromatic rings. The van der Waals surface area contributed by atoms with Crippen LogP contribution in [0.5, 0.6) is 23.0 Å². The fourth-order valence-electron chi connectivity index (χ4n) is 4.90. The molecule has 0 radical (unpaired) electrons. The van der Waals surface area contributed by atoms with E-state index in [0.29, 0.717) is 51.3 Å². The van der Waals surface area contributed by atoms with Crippen LogP contribution in [0.3, 0.4) is 0 Å². The Morgan fingerprint density at radius 1 is 0.879 bits per heavy atom. The molecule has 2 aromatic heterocycles. The molecule has 0 bridgehead atoms. The summed E-state index contributed by atoms with van der Waals surface area (Å²) in [5, 5.41) is 11.0. The number of ether oxygens (including phenoxy) is 4. The minimum atomic E-state index is -0.0929. The van der Waals surface area contributed by atoms with E-state index in [1.165, 1.54) is 12.8 Å². The fourth-order valence-corrected chi connectivity index (χ4v) is 4.90. The third kappa shape index (κ3) is 3.14. The lowest BCUT2D eigenvalue weighted by molar-refractivity contribution is 0.174. The molecule has 9 heteroatoms. The molecule has 0 atom stereocenters. The van der Waals surface area contributed by atoms with Crippen LogP contribution in [0.25, 0.3) is 32.7 Å². The molecule has 1 saturated heterocycles. The van der Waals surface area contributed by atoms with Gasteiger partial charge >= 0.3 is 0 Å². The number of pyridine rings is 1. The van der Waals surface area contributed by atoms with E-state index in [2.05, 4.69) is 15.1 Å². The average Bonchev–Trinajstić information content (AvgIpc) is 3.53. The van der Waals surface area contributed by atoms with Crippen molar-refractivity contribution in [3.05, 3.63) is 34.6 Å². The first-order chi connectivity index (χ1) is 16.2. The molecular weight excluding hydrogens is 424 g/mol. The van der Waals surface area contributed by atoms with Crippen molar-refractivity contribution < 1.29 is 18.9 Å². The summed E-state index contributed by atoms with van der Waals surface area (Å²) in [6.45, 7) is 3.63. The maximum Gasteiger partial charge on any atom is 0.259 e. The summed E-state index contributed by atoms with van der Waals surface area (Å²) in [6.07, 6.45) is 2.39. The Bertz CT molecular complexity index is 1460. The number of aromatic nitrogens is 3. The van der Waals surface area contributed by atoms with Gasteiger partial charge in [0.05, 0.1) is 30.6 Å². The van der Waals surface area contributed by atoms with E-state index in [9.17, 15) is 4.79 Å². The van der Waals surface area contributed by atoms with Gasteiger partial charge in [0.15, 0.2) is 23.0 Å². The van der Waals surface area contributed by atoms with Crippen LogP contribution in [0.15, 0.2) is 29.1 Å². The second-order valence-corrected chi connectivity index (χ2v) is 8.38. The van der Waals surface area contributed by atoms with Gasteiger partial charge in [-0.25, -0.2) is 0 Å². The van der Waals surface area contributed by atoms with Gasteiger partial charge in [0.25, 0.3) is 5.56 Å². The number of fused-ring (bicyclic) bond motifs is 6. The van der Waals surface area contributed by atoms with Crippen LogP contribution in [0.2, 0.25) is 0 Å². The number of hydrogen-bond acceptors (Lipinski definition) is 8. The molecule has 2 aromatic carbocycles. The molecule has 0 N–H and O–H groups in total. The van der Waals surface area contributed by atoms with Gasteiger partial charge in [0.1, 0.15) is 5.52 Å². The normalized spacial score (nSPS) is 15.7. The van der Waals surface area contributed by atoms with Crippen LogP contribution >= 0.6 is 0 Å². The van der Waals surface area contributed by atoms with E-state index in [1.54, 1.807) is 26.4 Å².